The summed E-state index contributed by atoms with van der Waals surface area (Å²) in [6.07, 6.45) is -0.523. The first kappa shape index (κ1) is 15.8. The molecule has 1 N–H and O–H groups in total. The van der Waals surface area contributed by atoms with E-state index < -0.39 is 6.10 Å². The van der Waals surface area contributed by atoms with Crippen LogP contribution in [0.15, 0.2) is 48.5 Å². The SMILES string of the molecule is OC(COc1ccc2c(c1)OCO2)C[Se]C#Cc1ccccc1. The molecule has 4 nitrogen and oxygen atoms in total. The molecule has 1 aliphatic heterocycles. The molecule has 1 heterocycles. The average molecular weight is 375 g/mol. The Morgan fingerprint density at radius 3 is 2.83 bits per heavy atom. The first-order valence-electron chi connectivity index (χ1n) is 7.19. The zero-order valence-corrected chi connectivity index (χ0v) is 14.1. The molecule has 3 rings (SSSR count). The molecule has 2 aromatic rings. The second kappa shape index (κ2) is 7.94. The van der Waals surface area contributed by atoms with E-state index in [1.54, 1.807) is 18.2 Å². The minimum absolute atomic E-state index is 0.0630. The summed E-state index contributed by atoms with van der Waals surface area (Å²) in [5.74, 6) is 5.16. The number of aliphatic hydroxyl groups is 1. The molecule has 2 aromatic carbocycles. The van der Waals surface area contributed by atoms with Crippen molar-refractivity contribution in [1.82, 2.24) is 0 Å². The zero-order chi connectivity index (χ0) is 15.9. The van der Waals surface area contributed by atoms with E-state index in [0.29, 0.717) is 16.8 Å². The maximum absolute atomic E-state index is 9.97. The number of hydrogen-bond acceptors (Lipinski definition) is 4. The van der Waals surface area contributed by atoms with Crippen LogP contribution in [0.1, 0.15) is 5.56 Å². The Hall–Kier alpha value is -2.12. The zero-order valence-electron chi connectivity index (χ0n) is 12.4. The summed E-state index contributed by atoms with van der Waals surface area (Å²) in [5.41, 5.74) is 1.00. The normalized spacial score (nSPS) is 13.1. The van der Waals surface area contributed by atoms with Gasteiger partial charge in [-0.1, -0.05) is 0 Å². The van der Waals surface area contributed by atoms with E-state index in [4.69, 9.17) is 14.2 Å². The van der Waals surface area contributed by atoms with Crippen molar-refractivity contribution in [3.05, 3.63) is 54.1 Å². The van der Waals surface area contributed by atoms with E-state index in [2.05, 4.69) is 10.7 Å². The van der Waals surface area contributed by atoms with Crippen molar-refractivity contribution in [3.8, 4) is 28.0 Å². The van der Waals surface area contributed by atoms with Crippen LogP contribution in [-0.4, -0.2) is 39.6 Å². The quantitative estimate of drug-likeness (QED) is 0.644. The van der Waals surface area contributed by atoms with Gasteiger partial charge in [-0.2, -0.15) is 0 Å². The standard InChI is InChI=1S/C18H16O4Se/c19-15(12-23-9-8-14-4-2-1-3-5-14)11-20-16-6-7-17-18(10-16)22-13-21-17/h1-7,10,15,19H,11-13H2. The van der Waals surface area contributed by atoms with Crippen molar-refractivity contribution in [2.45, 2.75) is 11.4 Å². The van der Waals surface area contributed by atoms with Crippen LogP contribution in [0.25, 0.3) is 0 Å². The van der Waals surface area contributed by atoms with Gasteiger partial charge in [-0.25, -0.2) is 0 Å². The van der Waals surface area contributed by atoms with Gasteiger partial charge in [0.25, 0.3) is 0 Å². The van der Waals surface area contributed by atoms with Crippen LogP contribution in [0.2, 0.25) is 5.32 Å². The number of hydrogen-bond donors (Lipinski definition) is 1. The number of ether oxygens (including phenoxy) is 3. The average Bonchev–Trinajstić information content (AvgIpc) is 3.05. The van der Waals surface area contributed by atoms with E-state index in [9.17, 15) is 5.11 Å². The minimum atomic E-state index is -0.523. The molecule has 118 valence electrons. The van der Waals surface area contributed by atoms with Crippen molar-refractivity contribution in [2.75, 3.05) is 13.4 Å². The van der Waals surface area contributed by atoms with Crippen LogP contribution in [0.5, 0.6) is 17.2 Å². The van der Waals surface area contributed by atoms with Crippen molar-refractivity contribution >= 4 is 15.0 Å². The molecule has 0 fully saturated rings. The summed E-state index contributed by atoms with van der Waals surface area (Å²) in [5, 5.41) is 10.6. The van der Waals surface area contributed by atoms with Crippen LogP contribution >= 0.6 is 0 Å². The van der Waals surface area contributed by atoms with Gasteiger partial charge >= 0.3 is 141 Å². The molecule has 0 radical (unpaired) electrons. The molecule has 0 aliphatic carbocycles. The Kier molecular flexibility index (Phi) is 5.44. The van der Waals surface area contributed by atoms with Gasteiger partial charge in [-0.3, -0.25) is 0 Å². The van der Waals surface area contributed by atoms with E-state index in [0.717, 1.165) is 11.3 Å². The summed E-state index contributed by atoms with van der Waals surface area (Å²) in [4.78, 5) is 3.13. The van der Waals surface area contributed by atoms with Crippen molar-refractivity contribution in [3.63, 3.8) is 0 Å². The summed E-state index contributed by atoms with van der Waals surface area (Å²) in [7, 11) is 0. The Labute approximate surface area is 141 Å². The van der Waals surface area contributed by atoms with Gasteiger partial charge in [0, 0.05) is 0 Å². The molecule has 5 heteroatoms. The Morgan fingerprint density at radius 1 is 1.13 bits per heavy atom. The fourth-order valence-corrected chi connectivity index (χ4v) is 3.14. The molecule has 0 spiro atoms. The molecule has 1 aliphatic rings. The number of fused-ring (bicyclic) bond motifs is 1. The number of aliphatic hydroxyl groups excluding tert-OH is 1. The molecule has 1 atom stereocenters. The van der Waals surface area contributed by atoms with E-state index >= 15 is 0 Å². The van der Waals surface area contributed by atoms with Gasteiger partial charge in [0.1, 0.15) is 0 Å². The van der Waals surface area contributed by atoms with Crippen LogP contribution < -0.4 is 14.2 Å². The molecule has 1 unspecified atom stereocenters. The van der Waals surface area contributed by atoms with Gasteiger partial charge in [-0.05, 0) is 0 Å². The number of rotatable bonds is 5. The predicted octanol–water partition coefficient (Wildman–Crippen LogP) is 2.29. The van der Waals surface area contributed by atoms with Crippen molar-refractivity contribution in [2.24, 2.45) is 0 Å². The topological polar surface area (TPSA) is 47.9 Å². The first-order valence-corrected chi connectivity index (χ1v) is 9.26. The Bertz CT molecular complexity index is 706. The summed E-state index contributed by atoms with van der Waals surface area (Å²) >= 11 is 0.0630. The van der Waals surface area contributed by atoms with Gasteiger partial charge in [0.05, 0.1) is 0 Å². The molecule has 0 saturated carbocycles. The van der Waals surface area contributed by atoms with E-state index in [-0.39, 0.29) is 28.4 Å². The van der Waals surface area contributed by atoms with Crippen molar-refractivity contribution in [1.29, 1.82) is 0 Å². The molecule has 0 amide bonds. The third-order valence-electron chi connectivity index (χ3n) is 3.10. The molecular weight excluding hydrogens is 359 g/mol. The molecule has 23 heavy (non-hydrogen) atoms. The third-order valence-corrected chi connectivity index (χ3v) is 4.78. The Balaban J connectivity index is 1.41. The summed E-state index contributed by atoms with van der Waals surface area (Å²) in [6, 6.07) is 15.2. The van der Waals surface area contributed by atoms with Gasteiger partial charge < -0.3 is 0 Å². The van der Waals surface area contributed by atoms with Gasteiger partial charge in [0.15, 0.2) is 0 Å². The van der Waals surface area contributed by atoms with Crippen molar-refractivity contribution < 1.29 is 19.3 Å². The number of benzene rings is 2. The van der Waals surface area contributed by atoms with Gasteiger partial charge in [0.2, 0.25) is 0 Å². The molecular formula is C18H16O4Se. The van der Waals surface area contributed by atoms with Crippen LogP contribution in [0.4, 0.5) is 0 Å². The van der Waals surface area contributed by atoms with Crippen LogP contribution in [0, 0.1) is 10.7 Å². The second-order valence-corrected chi connectivity index (χ2v) is 6.62. The summed E-state index contributed by atoms with van der Waals surface area (Å²) in [6.45, 7) is 0.485. The fraction of sp³-hybridized carbons (Fsp3) is 0.222. The predicted molar refractivity (Wildman–Crippen MR) is 87.9 cm³/mol. The molecule has 0 saturated heterocycles. The maximum atomic E-state index is 9.97. The van der Waals surface area contributed by atoms with Crippen LogP contribution in [-0.2, 0) is 0 Å². The van der Waals surface area contributed by atoms with Crippen LogP contribution in [0.3, 0.4) is 0 Å². The monoisotopic (exact) mass is 376 g/mol. The van der Waals surface area contributed by atoms with Gasteiger partial charge in [-0.15, -0.1) is 0 Å². The molecule has 0 bridgehead atoms. The fourth-order valence-electron chi connectivity index (χ4n) is 1.96. The van der Waals surface area contributed by atoms with E-state index in [1.807, 2.05) is 30.3 Å². The Morgan fingerprint density at radius 2 is 1.96 bits per heavy atom. The third kappa shape index (κ3) is 4.67. The first-order chi connectivity index (χ1) is 11.3. The molecule has 0 aromatic heterocycles. The second-order valence-electron chi connectivity index (χ2n) is 4.88. The summed E-state index contributed by atoms with van der Waals surface area (Å²) < 4.78 is 16.1. The van der Waals surface area contributed by atoms with E-state index in [1.165, 1.54) is 0 Å².